The minimum atomic E-state index is 0.0361. The van der Waals surface area contributed by atoms with E-state index in [0.29, 0.717) is 6.54 Å². The number of hydrogen-bond acceptors (Lipinski definition) is 7. The van der Waals surface area contributed by atoms with E-state index in [1.54, 1.807) is 17.1 Å². The highest BCUT2D eigenvalue weighted by Gasteiger charge is 2.18. The Morgan fingerprint density at radius 2 is 1.81 bits per heavy atom. The third kappa shape index (κ3) is 4.31. The van der Waals surface area contributed by atoms with Crippen molar-refractivity contribution < 1.29 is 0 Å². The zero-order valence-electron chi connectivity index (χ0n) is 14.9. The van der Waals surface area contributed by atoms with Crippen LogP contribution in [-0.2, 0) is 25.3 Å². The molecule has 4 heterocycles. The van der Waals surface area contributed by atoms with E-state index in [0.717, 1.165) is 74.0 Å². The van der Waals surface area contributed by atoms with Crippen LogP contribution in [0.2, 0.25) is 0 Å². The van der Waals surface area contributed by atoms with Crippen molar-refractivity contribution in [3.8, 4) is 0 Å². The Morgan fingerprint density at radius 3 is 2.62 bits per heavy atom. The van der Waals surface area contributed by atoms with Crippen molar-refractivity contribution in [2.24, 2.45) is 0 Å². The van der Waals surface area contributed by atoms with Gasteiger partial charge in [-0.2, -0.15) is 16.9 Å². The fourth-order valence-electron chi connectivity index (χ4n) is 3.49. The number of fused-ring (bicyclic) bond motifs is 1. The molecule has 2 aliphatic rings. The van der Waals surface area contributed by atoms with Crippen molar-refractivity contribution in [1.82, 2.24) is 29.5 Å². The number of aromatic nitrogens is 4. The number of piperazine rings is 1. The maximum Gasteiger partial charge on any atom is 0.267 e. The smallest absolute Gasteiger partial charge is 0.267 e. The summed E-state index contributed by atoms with van der Waals surface area (Å²) in [5.74, 6) is 2.03. The highest BCUT2D eigenvalue weighted by Crippen LogP contribution is 2.21. The van der Waals surface area contributed by atoms with E-state index in [-0.39, 0.29) is 5.56 Å². The van der Waals surface area contributed by atoms with E-state index < -0.39 is 0 Å². The summed E-state index contributed by atoms with van der Waals surface area (Å²) >= 11 is 1.88. The molecular formula is C18H24N6OS. The van der Waals surface area contributed by atoms with Gasteiger partial charge in [-0.1, -0.05) is 0 Å². The molecule has 0 amide bonds. The number of aryl methyl sites for hydroxylation is 1. The van der Waals surface area contributed by atoms with Gasteiger partial charge in [0.15, 0.2) is 0 Å². The van der Waals surface area contributed by atoms with Crippen LogP contribution in [0, 0.1) is 0 Å². The zero-order chi connectivity index (χ0) is 17.8. The van der Waals surface area contributed by atoms with Crippen LogP contribution >= 0.6 is 11.8 Å². The molecule has 1 saturated heterocycles. The van der Waals surface area contributed by atoms with Crippen molar-refractivity contribution in [1.29, 1.82) is 0 Å². The van der Waals surface area contributed by atoms with Crippen LogP contribution < -0.4 is 5.56 Å². The lowest BCUT2D eigenvalue weighted by molar-refractivity contribution is 0.122. The van der Waals surface area contributed by atoms with Gasteiger partial charge in [0.1, 0.15) is 6.33 Å². The second kappa shape index (κ2) is 8.28. The molecule has 0 saturated carbocycles. The second-order valence-electron chi connectivity index (χ2n) is 6.84. The summed E-state index contributed by atoms with van der Waals surface area (Å²) in [6.45, 7) is 6.54. The SMILES string of the molecule is O=c1cc2c(nn1CCN1CCN(Cc3cncnc3)CC1)CCSC2. The maximum atomic E-state index is 12.3. The van der Waals surface area contributed by atoms with Crippen molar-refractivity contribution in [3.63, 3.8) is 0 Å². The molecule has 0 unspecified atom stereocenters. The van der Waals surface area contributed by atoms with E-state index in [4.69, 9.17) is 0 Å². The highest BCUT2D eigenvalue weighted by molar-refractivity contribution is 7.98. The predicted molar refractivity (Wildman–Crippen MR) is 102 cm³/mol. The molecule has 0 aliphatic carbocycles. The molecule has 0 bridgehead atoms. The molecule has 0 aromatic carbocycles. The molecule has 0 radical (unpaired) electrons. The van der Waals surface area contributed by atoms with Crippen LogP contribution in [0.4, 0.5) is 0 Å². The van der Waals surface area contributed by atoms with E-state index >= 15 is 0 Å². The number of rotatable bonds is 5. The van der Waals surface area contributed by atoms with Gasteiger partial charge in [0, 0.05) is 75.5 Å². The van der Waals surface area contributed by atoms with Crippen molar-refractivity contribution in [2.45, 2.75) is 25.3 Å². The van der Waals surface area contributed by atoms with Crippen LogP contribution in [0.1, 0.15) is 16.8 Å². The van der Waals surface area contributed by atoms with E-state index in [1.165, 1.54) is 0 Å². The maximum absolute atomic E-state index is 12.3. The van der Waals surface area contributed by atoms with Crippen LogP contribution in [-0.4, -0.2) is 68.0 Å². The van der Waals surface area contributed by atoms with Gasteiger partial charge < -0.3 is 0 Å². The normalized spacial score (nSPS) is 18.6. The largest absolute Gasteiger partial charge is 0.299 e. The zero-order valence-corrected chi connectivity index (χ0v) is 15.7. The van der Waals surface area contributed by atoms with Crippen molar-refractivity contribution in [3.05, 3.63) is 52.0 Å². The van der Waals surface area contributed by atoms with Crippen LogP contribution in [0.15, 0.2) is 29.6 Å². The van der Waals surface area contributed by atoms with Crippen LogP contribution in [0.25, 0.3) is 0 Å². The van der Waals surface area contributed by atoms with Gasteiger partial charge >= 0.3 is 0 Å². The first-order valence-corrected chi connectivity index (χ1v) is 10.3. The Kier molecular flexibility index (Phi) is 5.62. The summed E-state index contributed by atoms with van der Waals surface area (Å²) < 4.78 is 1.66. The number of nitrogens with zero attached hydrogens (tertiary/aromatic N) is 6. The first-order valence-electron chi connectivity index (χ1n) is 9.14. The average molecular weight is 372 g/mol. The Labute approximate surface area is 157 Å². The standard InChI is InChI=1S/C18H24N6OS/c25-18-9-16-13-26-8-1-17(16)21-24(18)7-6-22-2-4-23(5-3-22)12-15-10-19-14-20-11-15/h9-11,14H,1-8,12-13H2. The van der Waals surface area contributed by atoms with Gasteiger partial charge in [-0.25, -0.2) is 14.6 Å². The summed E-state index contributed by atoms with van der Waals surface area (Å²) in [5, 5.41) is 4.61. The Balaban J connectivity index is 1.28. The topological polar surface area (TPSA) is 67.2 Å². The highest BCUT2D eigenvalue weighted by atomic mass is 32.2. The minimum absolute atomic E-state index is 0.0361. The van der Waals surface area contributed by atoms with Crippen molar-refractivity contribution >= 4 is 11.8 Å². The quantitative estimate of drug-likeness (QED) is 0.763. The second-order valence-corrected chi connectivity index (χ2v) is 7.95. The van der Waals surface area contributed by atoms with E-state index in [1.807, 2.05) is 24.2 Å². The molecule has 26 heavy (non-hydrogen) atoms. The molecule has 138 valence electrons. The molecule has 1 fully saturated rings. The first kappa shape index (κ1) is 17.6. The first-order chi connectivity index (χ1) is 12.8. The molecule has 0 atom stereocenters. The summed E-state index contributed by atoms with van der Waals surface area (Å²) in [6.07, 6.45) is 6.30. The van der Waals surface area contributed by atoms with E-state index in [9.17, 15) is 4.79 Å². The van der Waals surface area contributed by atoms with E-state index in [2.05, 4.69) is 24.9 Å². The third-order valence-corrected chi connectivity index (χ3v) is 6.03. The lowest BCUT2D eigenvalue weighted by Crippen LogP contribution is -2.47. The minimum Gasteiger partial charge on any atom is -0.299 e. The molecule has 7 nitrogen and oxygen atoms in total. The van der Waals surface area contributed by atoms with Gasteiger partial charge in [0.05, 0.1) is 12.2 Å². The Morgan fingerprint density at radius 1 is 1.04 bits per heavy atom. The average Bonchev–Trinajstić information content (AvgIpc) is 2.68. The predicted octanol–water partition coefficient (Wildman–Crippen LogP) is 0.640. The molecule has 8 heteroatoms. The lowest BCUT2D eigenvalue weighted by atomic mass is 10.2. The fraction of sp³-hybridized carbons (Fsp3) is 0.556. The number of thioether (sulfide) groups is 1. The molecule has 4 rings (SSSR count). The summed E-state index contributed by atoms with van der Waals surface area (Å²) in [7, 11) is 0. The van der Waals surface area contributed by atoms with Crippen molar-refractivity contribution in [2.75, 3.05) is 38.5 Å². The third-order valence-electron chi connectivity index (χ3n) is 5.02. The summed E-state index contributed by atoms with van der Waals surface area (Å²) in [6, 6.07) is 1.79. The molecule has 2 aromatic rings. The fourth-order valence-corrected chi connectivity index (χ4v) is 4.44. The number of hydrogen-bond donors (Lipinski definition) is 0. The van der Waals surface area contributed by atoms with Gasteiger partial charge in [0.2, 0.25) is 0 Å². The molecule has 0 spiro atoms. The molecule has 0 N–H and O–H groups in total. The van der Waals surface area contributed by atoms with Gasteiger partial charge in [-0.3, -0.25) is 14.6 Å². The van der Waals surface area contributed by atoms with Gasteiger partial charge in [0.25, 0.3) is 5.56 Å². The molecular weight excluding hydrogens is 348 g/mol. The molecule has 2 aliphatic heterocycles. The summed E-state index contributed by atoms with van der Waals surface area (Å²) in [4.78, 5) is 25.3. The Hall–Kier alpha value is -1.77. The monoisotopic (exact) mass is 372 g/mol. The van der Waals surface area contributed by atoms with Gasteiger partial charge in [-0.05, 0) is 11.3 Å². The van der Waals surface area contributed by atoms with Gasteiger partial charge in [-0.15, -0.1) is 0 Å². The lowest BCUT2D eigenvalue weighted by Gasteiger charge is -2.34. The Bertz CT molecular complexity index is 788. The van der Waals surface area contributed by atoms with Crippen LogP contribution in [0.5, 0.6) is 0 Å². The molecule has 2 aromatic heterocycles. The van der Waals surface area contributed by atoms with Crippen LogP contribution in [0.3, 0.4) is 0 Å². The summed E-state index contributed by atoms with van der Waals surface area (Å²) in [5.41, 5.74) is 3.43.